The number of ketones is 1. The lowest BCUT2D eigenvalue weighted by Crippen LogP contribution is -2.20. The number of carbonyl (C=O) groups is 2. The van der Waals surface area contributed by atoms with E-state index in [4.69, 9.17) is 5.73 Å². The number of carbonyl (C=O) groups excluding carboxylic acids is 2. The van der Waals surface area contributed by atoms with Crippen molar-refractivity contribution >= 4 is 17.4 Å². The maximum absolute atomic E-state index is 11.6. The number of hydrogen-bond donors (Lipinski definition) is 1. The highest BCUT2D eigenvalue weighted by atomic mass is 16.2. The topological polar surface area (TPSA) is 63.4 Å². The molecular weight excluding hydrogens is 204 g/mol. The van der Waals surface area contributed by atoms with Crippen LogP contribution in [-0.4, -0.2) is 25.3 Å². The molecule has 0 radical (unpaired) electrons. The van der Waals surface area contributed by atoms with Gasteiger partial charge in [0, 0.05) is 24.7 Å². The van der Waals surface area contributed by atoms with Gasteiger partial charge in [-0.05, 0) is 30.3 Å². The Balaban J connectivity index is 2.32. The Hall–Kier alpha value is -1.68. The third-order valence-electron chi connectivity index (χ3n) is 2.85. The van der Waals surface area contributed by atoms with E-state index in [1.807, 2.05) is 6.07 Å². The summed E-state index contributed by atoms with van der Waals surface area (Å²) in [7, 11) is 1.75. The minimum Gasteiger partial charge on any atom is -0.330 e. The van der Waals surface area contributed by atoms with Crippen molar-refractivity contribution in [3.05, 3.63) is 29.3 Å². The zero-order valence-corrected chi connectivity index (χ0v) is 9.19. The first-order valence-corrected chi connectivity index (χ1v) is 5.26. The van der Waals surface area contributed by atoms with E-state index in [0.717, 1.165) is 11.3 Å². The molecule has 1 aromatic carbocycles. The summed E-state index contributed by atoms with van der Waals surface area (Å²) in [5, 5.41) is 0. The number of benzene rings is 1. The predicted molar refractivity (Wildman–Crippen MR) is 61.6 cm³/mol. The molecule has 0 bridgehead atoms. The molecule has 0 saturated heterocycles. The summed E-state index contributed by atoms with van der Waals surface area (Å²) >= 11 is 0. The summed E-state index contributed by atoms with van der Waals surface area (Å²) in [6, 6.07) is 5.38. The van der Waals surface area contributed by atoms with Gasteiger partial charge in [-0.15, -0.1) is 0 Å². The Morgan fingerprint density at radius 2 is 2.25 bits per heavy atom. The van der Waals surface area contributed by atoms with Crippen LogP contribution in [0.1, 0.15) is 22.3 Å². The molecule has 1 aliphatic heterocycles. The first-order chi connectivity index (χ1) is 7.63. The summed E-state index contributed by atoms with van der Waals surface area (Å²) in [5.74, 6) is 0.103. The van der Waals surface area contributed by atoms with E-state index >= 15 is 0 Å². The minimum atomic E-state index is 0.0345. The van der Waals surface area contributed by atoms with E-state index in [2.05, 4.69) is 0 Å². The van der Waals surface area contributed by atoms with Gasteiger partial charge in [0.1, 0.15) is 0 Å². The van der Waals surface area contributed by atoms with Crippen LogP contribution < -0.4 is 10.6 Å². The lowest BCUT2D eigenvalue weighted by Gasteiger charge is -2.10. The standard InChI is InChI=1S/C12H14N2O2/c1-14-10-3-2-8(11(15)4-5-13)6-9(10)7-12(14)16/h2-3,6H,4-5,7,13H2,1H3. The average Bonchev–Trinajstić information content (AvgIpc) is 2.55. The van der Waals surface area contributed by atoms with Crippen LogP contribution in [0, 0.1) is 0 Å². The Kier molecular flexibility index (Phi) is 2.75. The Labute approximate surface area is 94.0 Å². The van der Waals surface area contributed by atoms with Crippen LogP contribution in [-0.2, 0) is 11.2 Å². The highest BCUT2D eigenvalue weighted by Gasteiger charge is 2.24. The smallest absolute Gasteiger partial charge is 0.231 e. The van der Waals surface area contributed by atoms with Crippen LogP contribution in [0.15, 0.2) is 18.2 Å². The average molecular weight is 218 g/mol. The van der Waals surface area contributed by atoms with Crippen LogP contribution in [0.25, 0.3) is 0 Å². The van der Waals surface area contributed by atoms with Crippen molar-refractivity contribution in [2.24, 2.45) is 5.73 Å². The number of fused-ring (bicyclic) bond motifs is 1. The number of amides is 1. The van der Waals surface area contributed by atoms with Gasteiger partial charge in [0.25, 0.3) is 0 Å². The number of likely N-dealkylation sites (N-methyl/N-ethyl adjacent to an activating group) is 1. The monoisotopic (exact) mass is 218 g/mol. The van der Waals surface area contributed by atoms with E-state index in [9.17, 15) is 9.59 Å². The highest BCUT2D eigenvalue weighted by molar-refractivity contribution is 6.03. The van der Waals surface area contributed by atoms with Crippen LogP contribution in [0.4, 0.5) is 5.69 Å². The Bertz CT molecular complexity index is 454. The van der Waals surface area contributed by atoms with Gasteiger partial charge in [-0.3, -0.25) is 9.59 Å². The highest BCUT2D eigenvalue weighted by Crippen LogP contribution is 2.28. The summed E-state index contributed by atoms with van der Waals surface area (Å²) in [6.07, 6.45) is 0.734. The van der Waals surface area contributed by atoms with Crippen molar-refractivity contribution in [2.45, 2.75) is 12.8 Å². The minimum absolute atomic E-state index is 0.0345. The second-order valence-corrected chi connectivity index (χ2v) is 3.93. The molecule has 4 nitrogen and oxygen atoms in total. The van der Waals surface area contributed by atoms with Gasteiger partial charge in [0.15, 0.2) is 5.78 Å². The van der Waals surface area contributed by atoms with Crippen molar-refractivity contribution in [3.63, 3.8) is 0 Å². The lowest BCUT2D eigenvalue weighted by atomic mass is 10.0. The molecule has 0 unspecified atom stereocenters. The lowest BCUT2D eigenvalue weighted by molar-refractivity contribution is -0.117. The number of hydrogen-bond acceptors (Lipinski definition) is 3. The third-order valence-corrected chi connectivity index (χ3v) is 2.85. The zero-order chi connectivity index (χ0) is 11.7. The van der Waals surface area contributed by atoms with Crippen molar-refractivity contribution in [3.8, 4) is 0 Å². The predicted octanol–water partition coefficient (Wildman–Crippen LogP) is 0.737. The van der Waals surface area contributed by atoms with Crippen molar-refractivity contribution < 1.29 is 9.59 Å². The molecule has 4 heteroatoms. The van der Waals surface area contributed by atoms with E-state index in [-0.39, 0.29) is 11.7 Å². The molecule has 1 amide bonds. The number of Topliss-reactive ketones (excluding diaryl/α,β-unsaturated/α-hetero) is 1. The number of nitrogens with two attached hydrogens (primary N) is 1. The van der Waals surface area contributed by atoms with Crippen LogP contribution in [0.3, 0.4) is 0 Å². The van der Waals surface area contributed by atoms with E-state index in [1.54, 1.807) is 24.1 Å². The summed E-state index contributed by atoms with van der Waals surface area (Å²) in [6.45, 7) is 0.356. The maximum Gasteiger partial charge on any atom is 0.231 e. The molecular formula is C12H14N2O2. The van der Waals surface area contributed by atoms with Gasteiger partial charge in [-0.2, -0.15) is 0 Å². The first kappa shape index (κ1) is 10.8. The second kappa shape index (κ2) is 4.06. The normalized spacial score (nSPS) is 14.1. The summed E-state index contributed by atoms with van der Waals surface area (Å²) in [5.41, 5.74) is 7.81. The quantitative estimate of drug-likeness (QED) is 0.761. The molecule has 84 valence electrons. The molecule has 0 spiro atoms. The molecule has 2 rings (SSSR count). The zero-order valence-electron chi connectivity index (χ0n) is 9.19. The molecule has 0 saturated carbocycles. The number of nitrogens with zero attached hydrogens (tertiary/aromatic N) is 1. The van der Waals surface area contributed by atoms with Gasteiger partial charge in [-0.25, -0.2) is 0 Å². The molecule has 1 aromatic rings. The molecule has 1 aliphatic rings. The first-order valence-electron chi connectivity index (χ1n) is 5.26. The van der Waals surface area contributed by atoms with Gasteiger partial charge >= 0.3 is 0 Å². The SMILES string of the molecule is CN1C(=O)Cc2cc(C(=O)CCN)ccc21. The van der Waals surface area contributed by atoms with Gasteiger partial charge in [0.2, 0.25) is 5.91 Å². The van der Waals surface area contributed by atoms with Gasteiger partial charge in [0.05, 0.1) is 6.42 Å². The van der Waals surface area contributed by atoms with E-state index in [1.165, 1.54) is 0 Å². The van der Waals surface area contributed by atoms with Crippen molar-refractivity contribution in [1.82, 2.24) is 0 Å². The molecule has 0 fully saturated rings. The van der Waals surface area contributed by atoms with Crippen molar-refractivity contribution in [2.75, 3.05) is 18.5 Å². The second-order valence-electron chi connectivity index (χ2n) is 3.93. The fourth-order valence-corrected chi connectivity index (χ4v) is 1.92. The number of anilines is 1. The van der Waals surface area contributed by atoms with Gasteiger partial charge in [-0.1, -0.05) is 0 Å². The van der Waals surface area contributed by atoms with Gasteiger partial charge < -0.3 is 10.6 Å². The summed E-state index contributed by atoms with van der Waals surface area (Å²) in [4.78, 5) is 24.7. The van der Waals surface area contributed by atoms with Crippen LogP contribution in [0.2, 0.25) is 0 Å². The Morgan fingerprint density at radius 1 is 1.50 bits per heavy atom. The number of rotatable bonds is 3. The van der Waals surface area contributed by atoms with E-state index < -0.39 is 0 Å². The Morgan fingerprint density at radius 3 is 2.94 bits per heavy atom. The third kappa shape index (κ3) is 1.72. The fraction of sp³-hybridized carbons (Fsp3) is 0.333. The molecule has 1 heterocycles. The molecule has 0 atom stereocenters. The fourth-order valence-electron chi connectivity index (χ4n) is 1.92. The molecule has 2 N–H and O–H groups in total. The maximum atomic E-state index is 11.6. The molecule has 0 aliphatic carbocycles. The summed E-state index contributed by atoms with van der Waals surface area (Å²) < 4.78 is 0. The van der Waals surface area contributed by atoms with Crippen molar-refractivity contribution in [1.29, 1.82) is 0 Å². The largest absolute Gasteiger partial charge is 0.330 e. The molecule has 16 heavy (non-hydrogen) atoms. The molecule has 0 aromatic heterocycles. The van der Waals surface area contributed by atoms with Crippen LogP contribution in [0.5, 0.6) is 0 Å². The van der Waals surface area contributed by atoms with Crippen LogP contribution >= 0.6 is 0 Å². The van der Waals surface area contributed by atoms with E-state index in [0.29, 0.717) is 24.9 Å².